The Kier molecular flexibility index (Phi) is 5.89. The highest BCUT2D eigenvalue weighted by molar-refractivity contribution is 6.30. The second-order valence-corrected chi connectivity index (χ2v) is 7.70. The Hall–Kier alpha value is -2.74. The molecule has 1 aliphatic rings. The zero-order chi connectivity index (χ0) is 20.2. The van der Waals surface area contributed by atoms with E-state index in [4.69, 9.17) is 16.1 Å². The molecule has 2 aromatic heterocycles. The molecule has 0 spiro atoms. The van der Waals surface area contributed by atoms with Gasteiger partial charge in [-0.15, -0.1) is 5.10 Å². The van der Waals surface area contributed by atoms with E-state index in [0.29, 0.717) is 41.9 Å². The molecule has 0 radical (unpaired) electrons. The Balaban J connectivity index is 1.33. The number of likely N-dealkylation sites (tertiary alicyclic amines) is 1. The molecule has 4 rings (SSSR count). The van der Waals surface area contributed by atoms with E-state index in [1.807, 2.05) is 40.0 Å². The minimum Gasteiger partial charge on any atom is -0.342 e. The third-order valence-corrected chi connectivity index (χ3v) is 5.38. The van der Waals surface area contributed by atoms with Crippen molar-refractivity contribution in [2.24, 2.45) is 0 Å². The molecule has 8 nitrogen and oxygen atoms in total. The normalized spacial score (nSPS) is 15.0. The lowest BCUT2D eigenvalue weighted by molar-refractivity contribution is -0.131. The maximum absolute atomic E-state index is 12.6. The van der Waals surface area contributed by atoms with E-state index in [9.17, 15) is 4.79 Å². The van der Waals surface area contributed by atoms with Crippen LogP contribution in [0.4, 0.5) is 0 Å². The predicted octanol–water partition coefficient (Wildman–Crippen LogP) is 3.34. The van der Waals surface area contributed by atoms with Crippen LogP contribution in [0.2, 0.25) is 5.02 Å². The summed E-state index contributed by atoms with van der Waals surface area (Å²) in [7, 11) is 0. The maximum Gasteiger partial charge on any atom is 0.280 e. The number of carbonyl (C=O) groups excluding carboxylic acids is 1. The Morgan fingerprint density at radius 2 is 2.00 bits per heavy atom. The zero-order valence-corrected chi connectivity index (χ0v) is 17.0. The number of piperidine rings is 1. The molecule has 0 unspecified atom stereocenters. The molecule has 1 aliphatic heterocycles. The van der Waals surface area contributed by atoms with Gasteiger partial charge in [0.1, 0.15) is 0 Å². The van der Waals surface area contributed by atoms with Crippen molar-refractivity contribution in [2.75, 3.05) is 13.1 Å². The van der Waals surface area contributed by atoms with Gasteiger partial charge < -0.3 is 9.42 Å². The lowest BCUT2D eigenvalue weighted by Crippen LogP contribution is -2.40. The SMILES string of the molecule is CCCc1noc(-c2cn(C3CCN(C(=O)Cc4ccc(Cl)cc4)CC3)nn2)n1. The van der Waals surface area contributed by atoms with E-state index in [0.717, 1.165) is 31.2 Å². The van der Waals surface area contributed by atoms with Gasteiger partial charge >= 0.3 is 0 Å². The van der Waals surface area contributed by atoms with Crippen LogP contribution < -0.4 is 0 Å². The molecule has 9 heteroatoms. The summed E-state index contributed by atoms with van der Waals surface area (Å²) in [4.78, 5) is 18.8. The van der Waals surface area contributed by atoms with Crippen molar-refractivity contribution < 1.29 is 9.32 Å². The summed E-state index contributed by atoms with van der Waals surface area (Å²) in [5.74, 6) is 1.22. The van der Waals surface area contributed by atoms with Gasteiger partial charge in [-0.3, -0.25) is 4.79 Å². The lowest BCUT2D eigenvalue weighted by Gasteiger charge is -2.32. The van der Waals surface area contributed by atoms with Crippen molar-refractivity contribution in [3.8, 4) is 11.6 Å². The van der Waals surface area contributed by atoms with E-state index in [-0.39, 0.29) is 11.9 Å². The first kappa shape index (κ1) is 19.6. The monoisotopic (exact) mass is 414 g/mol. The topological polar surface area (TPSA) is 89.9 Å². The van der Waals surface area contributed by atoms with E-state index in [1.165, 1.54) is 0 Å². The average Bonchev–Trinajstić information content (AvgIpc) is 3.40. The number of amides is 1. The number of aryl methyl sites for hydroxylation is 1. The van der Waals surface area contributed by atoms with E-state index in [1.54, 1.807) is 0 Å². The van der Waals surface area contributed by atoms with Crippen molar-refractivity contribution in [3.63, 3.8) is 0 Å². The van der Waals surface area contributed by atoms with Gasteiger partial charge in [0.25, 0.3) is 5.89 Å². The van der Waals surface area contributed by atoms with Crippen LogP contribution >= 0.6 is 11.6 Å². The molecule has 0 saturated carbocycles. The van der Waals surface area contributed by atoms with Crippen molar-refractivity contribution in [3.05, 3.63) is 46.9 Å². The first-order valence-corrected chi connectivity index (χ1v) is 10.3. The van der Waals surface area contributed by atoms with Gasteiger partial charge in [0, 0.05) is 24.5 Å². The number of hydrogen-bond acceptors (Lipinski definition) is 6. The second kappa shape index (κ2) is 8.73. The van der Waals surface area contributed by atoms with Crippen molar-refractivity contribution in [2.45, 2.75) is 45.1 Å². The van der Waals surface area contributed by atoms with E-state index in [2.05, 4.69) is 27.4 Å². The van der Waals surface area contributed by atoms with E-state index < -0.39 is 0 Å². The molecule has 1 fully saturated rings. The number of hydrogen-bond donors (Lipinski definition) is 0. The fourth-order valence-electron chi connectivity index (χ4n) is 3.50. The van der Waals surface area contributed by atoms with E-state index >= 15 is 0 Å². The van der Waals surface area contributed by atoms with Gasteiger partial charge in [0.05, 0.1) is 18.7 Å². The molecule has 29 heavy (non-hydrogen) atoms. The van der Waals surface area contributed by atoms with Gasteiger partial charge in [-0.2, -0.15) is 4.98 Å². The molecule has 1 saturated heterocycles. The number of benzene rings is 1. The molecule has 3 heterocycles. The Bertz CT molecular complexity index is 960. The molecule has 3 aromatic rings. The highest BCUT2D eigenvalue weighted by atomic mass is 35.5. The smallest absolute Gasteiger partial charge is 0.280 e. The lowest BCUT2D eigenvalue weighted by atomic mass is 10.0. The maximum atomic E-state index is 12.6. The predicted molar refractivity (Wildman–Crippen MR) is 107 cm³/mol. The standard InChI is InChI=1S/C20H23ClN6O2/c1-2-3-18-22-20(29-24-18)17-13-27(25-23-17)16-8-10-26(11-9-16)19(28)12-14-4-6-15(21)7-5-14/h4-7,13,16H,2-3,8-12H2,1H3. The Morgan fingerprint density at radius 3 is 2.72 bits per heavy atom. The highest BCUT2D eigenvalue weighted by Crippen LogP contribution is 2.24. The minimum atomic E-state index is 0.138. The molecule has 0 aliphatic carbocycles. The second-order valence-electron chi connectivity index (χ2n) is 7.26. The van der Waals surface area contributed by atoms with Crippen LogP contribution in [0.25, 0.3) is 11.6 Å². The molecule has 1 amide bonds. The van der Waals surface area contributed by atoms with Crippen LogP contribution in [0, 0.1) is 0 Å². The van der Waals surface area contributed by atoms with Crippen LogP contribution in [0.3, 0.4) is 0 Å². The quantitative estimate of drug-likeness (QED) is 0.614. The molecular formula is C20H23ClN6O2. The van der Waals surface area contributed by atoms with Crippen molar-refractivity contribution >= 4 is 17.5 Å². The number of rotatable bonds is 6. The van der Waals surface area contributed by atoms with Crippen LogP contribution in [-0.2, 0) is 17.6 Å². The van der Waals surface area contributed by atoms with Gasteiger partial charge in [0.15, 0.2) is 11.5 Å². The molecule has 1 aromatic carbocycles. The summed E-state index contributed by atoms with van der Waals surface area (Å²) < 4.78 is 7.13. The number of halogens is 1. The van der Waals surface area contributed by atoms with Crippen LogP contribution in [0.5, 0.6) is 0 Å². The van der Waals surface area contributed by atoms with Crippen molar-refractivity contribution in [1.29, 1.82) is 0 Å². The van der Waals surface area contributed by atoms with Gasteiger partial charge in [-0.05, 0) is 37.0 Å². The molecule has 0 bridgehead atoms. The molecule has 0 atom stereocenters. The molecule has 152 valence electrons. The summed E-state index contributed by atoms with van der Waals surface area (Å²) in [5, 5.41) is 13.1. The third kappa shape index (κ3) is 4.64. The van der Waals surface area contributed by atoms with Crippen molar-refractivity contribution in [1.82, 2.24) is 30.0 Å². The van der Waals surface area contributed by atoms with Gasteiger partial charge in [-0.25, -0.2) is 4.68 Å². The molecule has 0 N–H and O–H groups in total. The van der Waals surface area contributed by atoms with Gasteiger partial charge in [-0.1, -0.05) is 41.0 Å². The summed E-state index contributed by atoms with van der Waals surface area (Å²) in [6.45, 7) is 3.47. The largest absolute Gasteiger partial charge is 0.342 e. The summed E-state index contributed by atoms with van der Waals surface area (Å²) in [6.07, 6.45) is 5.65. The molecular weight excluding hydrogens is 392 g/mol. The third-order valence-electron chi connectivity index (χ3n) is 5.13. The van der Waals surface area contributed by atoms with Crippen LogP contribution in [0.15, 0.2) is 35.0 Å². The first-order valence-electron chi connectivity index (χ1n) is 9.89. The number of nitrogens with zero attached hydrogens (tertiary/aromatic N) is 6. The average molecular weight is 415 g/mol. The fourth-order valence-corrected chi connectivity index (χ4v) is 3.63. The summed E-state index contributed by atoms with van der Waals surface area (Å²) in [5.41, 5.74) is 1.56. The van der Waals surface area contributed by atoms with Crippen LogP contribution in [0.1, 0.15) is 43.6 Å². The first-order chi connectivity index (χ1) is 14.1. The summed E-state index contributed by atoms with van der Waals surface area (Å²) >= 11 is 5.91. The Morgan fingerprint density at radius 1 is 1.24 bits per heavy atom. The minimum absolute atomic E-state index is 0.138. The highest BCUT2D eigenvalue weighted by Gasteiger charge is 2.25. The number of aromatic nitrogens is 5. The summed E-state index contributed by atoms with van der Waals surface area (Å²) in [6, 6.07) is 7.62. The van der Waals surface area contributed by atoms with Crippen LogP contribution in [-0.4, -0.2) is 49.0 Å². The zero-order valence-electron chi connectivity index (χ0n) is 16.3. The van der Waals surface area contributed by atoms with Gasteiger partial charge in [0.2, 0.25) is 5.91 Å². The Labute approximate surface area is 173 Å². The number of carbonyl (C=O) groups is 1. The fraction of sp³-hybridized carbons (Fsp3) is 0.450.